The minimum absolute atomic E-state index is 0.195. The molecule has 0 aliphatic rings. The van der Waals surface area contributed by atoms with Crippen molar-refractivity contribution in [3.05, 3.63) is 53.7 Å². The Hall–Kier alpha value is -2.49. The van der Waals surface area contributed by atoms with Gasteiger partial charge in [-0.25, -0.2) is 0 Å². The van der Waals surface area contributed by atoms with Crippen molar-refractivity contribution in [2.45, 2.75) is 52.0 Å². The zero-order chi connectivity index (χ0) is 18.8. The van der Waals surface area contributed by atoms with Crippen molar-refractivity contribution < 1.29 is 9.59 Å². The van der Waals surface area contributed by atoms with E-state index in [1.165, 1.54) is 19.3 Å². The topological polar surface area (TPSA) is 50.3 Å². The van der Waals surface area contributed by atoms with Gasteiger partial charge in [0.25, 0.3) is 0 Å². The zero-order valence-electron chi connectivity index (χ0n) is 15.8. The first kappa shape index (κ1) is 19.8. The van der Waals surface area contributed by atoms with Gasteiger partial charge in [0.1, 0.15) is 0 Å². The van der Waals surface area contributed by atoms with Gasteiger partial charge in [0, 0.05) is 37.3 Å². The van der Waals surface area contributed by atoms with Crippen molar-refractivity contribution >= 4 is 12.2 Å². The van der Waals surface area contributed by atoms with Crippen LogP contribution < -0.4 is 0 Å². The number of aromatic nitrogens is 1. The van der Waals surface area contributed by atoms with Gasteiger partial charge in [-0.2, -0.15) is 0 Å². The van der Waals surface area contributed by atoms with Gasteiger partial charge in [-0.1, -0.05) is 50.8 Å². The summed E-state index contributed by atoms with van der Waals surface area (Å²) < 4.78 is 0. The number of aldehydes is 1. The predicted molar refractivity (Wildman–Crippen MR) is 105 cm³/mol. The Morgan fingerprint density at radius 2 is 1.92 bits per heavy atom. The number of hydrogen-bond donors (Lipinski definition) is 0. The Morgan fingerprint density at radius 3 is 2.62 bits per heavy atom. The fourth-order valence-electron chi connectivity index (χ4n) is 2.91. The summed E-state index contributed by atoms with van der Waals surface area (Å²) in [5.74, 6) is 0.195. The van der Waals surface area contributed by atoms with Crippen LogP contribution >= 0.6 is 0 Å². The monoisotopic (exact) mass is 352 g/mol. The minimum atomic E-state index is 0.195. The first-order valence-corrected chi connectivity index (χ1v) is 9.38. The molecule has 0 aliphatic heterocycles. The van der Waals surface area contributed by atoms with E-state index in [0.717, 1.165) is 35.9 Å². The highest BCUT2D eigenvalue weighted by atomic mass is 16.2. The molecule has 4 heteroatoms. The molecule has 0 atom stereocenters. The van der Waals surface area contributed by atoms with E-state index in [9.17, 15) is 9.59 Å². The van der Waals surface area contributed by atoms with Crippen molar-refractivity contribution in [3.63, 3.8) is 0 Å². The van der Waals surface area contributed by atoms with E-state index in [1.807, 2.05) is 37.4 Å². The summed E-state index contributed by atoms with van der Waals surface area (Å²) in [4.78, 5) is 29.2. The van der Waals surface area contributed by atoms with Crippen molar-refractivity contribution in [2.24, 2.45) is 0 Å². The summed E-state index contributed by atoms with van der Waals surface area (Å²) >= 11 is 0. The maximum Gasteiger partial charge on any atom is 0.222 e. The van der Waals surface area contributed by atoms with Crippen LogP contribution in [0.25, 0.3) is 11.3 Å². The van der Waals surface area contributed by atoms with Gasteiger partial charge in [0.2, 0.25) is 5.91 Å². The normalized spacial score (nSPS) is 10.5. The Bertz CT molecular complexity index is 710. The van der Waals surface area contributed by atoms with Crippen LogP contribution in [0.4, 0.5) is 0 Å². The van der Waals surface area contributed by atoms with Crippen LogP contribution in [0.1, 0.15) is 61.4 Å². The van der Waals surface area contributed by atoms with Gasteiger partial charge < -0.3 is 4.90 Å². The lowest BCUT2D eigenvalue weighted by Gasteiger charge is -2.18. The summed E-state index contributed by atoms with van der Waals surface area (Å²) in [7, 11) is 1.86. The molecule has 0 unspecified atom stereocenters. The van der Waals surface area contributed by atoms with Crippen molar-refractivity contribution in [1.29, 1.82) is 0 Å². The Labute approximate surface area is 156 Å². The van der Waals surface area contributed by atoms with Crippen molar-refractivity contribution in [2.75, 3.05) is 7.05 Å². The average molecular weight is 352 g/mol. The number of carbonyl (C=O) groups is 2. The van der Waals surface area contributed by atoms with Crippen molar-refractivity contribution in [1.82, 2.24) is 9.88 Å². The van der Waals surface area contributed by atoms with Crippen LogP contribution in [0, 0.1) is 0 Å². The zero-order valence-corrected chi connectivity index (χ0v) is 15.8. The number of unbranched alkanes of at least 4 members (excludes halogenated alkanes) is 4. The minimum Gasteiger partial charge on any atom is -0.341 e. The van der Waals surface area contributed by atoms with Crippen LogP contribution in [0.5, 0.6) is 0 Å². The number of nitrogens with zero attached hydrogens (tertiary/aromatic N) is 2. The van der Waals surface area contributed by atoms with Crippen molar-refractivity contribution in [3.8, 4) is 11.3 Å². The van der Waals surface area contributed by atoms with E-state index >= 15 is 0 Å². The molecule has 0 bridgehead atoms. The average Bonchev–Trinajstić information content (AvgIpc) is 2.68. The largest absolute Gasteiger partial charge is 0.341 e. The van der Waals surface area contributed by atoms with E-state index in [0.29, 0.717) is 18.5 Å². The lowest BCUT2D eigenvalue weighted by molar-refractivity contribution is -0.130. The van der Waals surface area contributed by atoms with E-state index < -0.39 is 0 Å². The second-order valence-corrected chi connectivity index (χ2v) is 6.71. The van der Waals surface area contributed by atoms with Gasteiger partial charge in [0.05, 0.1) is 5.69 Å². The second kappa shape index (κ2) is 10.5. The molecular weight excluding hydrogens is 324 g/mol. The highest BCUT2D eigenvalue weighted by molar-refractivity contribution is 5.76. The van der Waals surface area contributed by atoms with Crippen LogP contribution in [0.2, 0.25) is 0 Å². The summed E-state index contributed by atoms with van der Waals surface area (Å²) in [6, 6.07) is 11.6. The van der Waals surface area contributed by atoms with Crippen LogP contribution in [-0.4, -0.2) is 29.1 Å². The lowest BCUT2D eigenvalue weighted by atomic mass is 10.1. The SMILES string of the molecule is CCCCCCCC(=O)N(C)Cc1cccc(-c2ccc(C=O)cn2)c1. The number of rotatable bonds is 10. The molecule has 1 aromatic heterocycles. The molecule has 0 saturated carbocycles. The van der Waals surface area contributed by atoms with E-state index in [-0.39, 0.29) is 5.91 Å². The lowest BCUT2D eigenvalue weighted by Crippen LogP contribution is -2.25. The third-order valence-electron chi connectivity index (χ3n) is 4.48. The highest BCUT2D eigenvalue weighted by Gasteiger charge is 2.10. The summed E-state index contributed by atoms with van der Waals surface area (Å²) in [6.45, 7) is 2.78. The van der Waals surface area contributed by atoms with Crippen LogP contribution in [0.3, 0.4) is 0 Å². The van der Waals surface area contributed by atoms with Gasteiger partial charge in [0.15, 0.2) is 6.29 Å². The summed E-state index contributed by atoms with van der Waals surface area (Å²) in [5, 5.41) is 0. The molecule has 1 aromatic carbocycles. The first-order chi connectivity index (χ1) is 12.6. The Morgan fingerprint density at radius 1 is 1.12 bits per heavy atom. The second-order valence-electron chi connectivity index (χ2n) is 6.71. The summed E-state index contributed by atoms with van der Waals surface area (Å²) in [5.41, 5.74) is 3.45. The summed E-state index contributed by atoms with van der Waals surface area (Å²) in [6.07, 6.45) is 8.76. The molecule has 0 radical (unpaired) electrons. The molecule has 0 saturated heterocycles. The standard InChI is InChI=1S/C22H28N2O2/c1-3-4-5-6-7-11-22(26)24(2)16-18-9-8-10-20(14-18)21-13-12-19(17-25)15-23-21/h8-10,12-15,17H,3-7,11,16H2,1-2H3. The molecule has 26 heavy (non-hydrogen) atoms. The predicted octanol–water partition coefficient (Wildman–Crippen LogP) is 4.88. The molecule has 2 rings (SSSR count). The molecular formula is C22H28N2O2. The van der Waals surface area contributed by atoms with Gasteiger partial charge in [-0.15, -0.1) is 0 Å². The van der Waals surface area contributed by atoms with E-state index in [4.69, 9.17) is 0 Å². The molecule has 0 aliphatic carbocycles. The maximum atomic E-state index is 12.3. The van der Waals surface area contributed by atoms with Gasteiger partial charge in [-0.05, 0) is 30.2 Å². The third-order valence-corrected chi connectivity index (χ3v) is 4.48. The van der Waals surface area contributed by atoms with Crippen LogP contribution in [0.15, 0.2) is 42.6 Å². The molecule has 4 nitrogen and oxygen atoms in total. The number of pyridine rings is 1. The molecule has 0 fully saturated rings. The number of hydrogen-bond acceptors (Lipinski definition) is 3. The molecule has 138 valence electrons. The fraction of sp³-hybridized carbons (Fsp3) is 0.409. The molecule has 0 spiro atoms. The van der Waals surface area contributed by atoms with Gasteiger partial charge in [-0.3, -0.25) is 14.6 Å². The van der Waals surface area contributed by atoms with Crippen LogP contribution in [-0.2, 0) is 11.3 Å². The maximum absolute atomic E-state index is 12.3. The molecule has 1 heterocycles. The fourth-order valence-corrected chi connectivity index (χ4v) is 2.91. The molecule has 1 amide bonds. The number of carbonyl (C=O) groups excluding carboxylic acids is 2. The molecule has 2 aromatic rings. The van der Waals surface area contributed by atoms with E-state index in [2.05, 4.69) is 11.9 Å². The number of amides is 1. The number of benzene rings is 1. The first-order valence-electron chi connectivity index (χ1n) is 9.38. The molecule has 0 N–H and O–H groups in total. The Kier molecular flexibility index (Phi) is 8.00. The Balaban J connectivity index is 1.92. The highest BCUT2D eigenvalue weighted by Crippen LogP contribution is 2.19. The van der Waals surface area contributed by atoms with Gasteiger partial charge >= 0.3 is 0 Å². The third kappa shape index (κ3) is 6.10. The van der Waals surface area contributed by atoms with E-state index in [1.54, 1.807) is 17.2 Å². The quantitative estimate of drug-likeness (QED) is 0.452. The smallest absolute Gasteiger partial charge is 0.222 e.